The van der Waals surface area contributed by atoms with Gasteiger partial charge < -0.3 is 5.73 Å². The molecule has 118 valence electrons. The highest BCUT2D eigenvalue weighted by molar-refractivity contribution is 7.89. The molecule has 0 amide bonds. The number of hydrogen-bond donors (Lipinski definition) is 2. The van der Waals surface area contributed by atoms with Gasteiger partial charge in [-0.1, -0.05) is 12.2 Å². The van der Waals surface area contributed by atoms with Gasteiger partial charge in [-0.05, 0) is 20.8 Å². The van der Waals surface area contributed by atoms with Crippen LogP contribution in [-0.4, -0.2) is 64.5 Å². The van der Waals surface area contributed by atoms with Crippen LogP contribution in [0.1, 0.15) is 19.5 Å². The van der Waals surface area contributed by atoms with Crippen LogP contribution in [0.4, 0.5) is 0 Å². The van der Waals surface area contributed by atoms with Gasteiger partial charge in [0.15, 0.2) is 0 Å². The molecule has 0 aliphatic carbocycles. The Morgan fingerprint density at radius 3 is 2.38 bits per heavy atom. The molecule has 2 rings (SSSR count). The second-order valence-corrected chi connectivity index (χ2v) is 8.02. The molecule has 0 saturated carbocycles. The molecule has 1 fully saturated rings. The highest BCUT2D eigenvalue weighted by Crippen LogP contribution is 2.22. The van der Waals surface area contributed by atoms with Gasteiger partial charge in [0.05, 0.1) is 22.4 Å². The van der Waals surface area contributed by atoms with Crippen LogP contribution in [0.2, 0.25) is 0 Å². The maximum atomic E-state index is 12.6. The monoisotopic (exact) mass is 331 g/mol. The number of aromatic nitrogens is 2. The van der Waals surface area contributed by atoms with Crippen LogP contribution < -0.4 is 5.73 Å². The molecule has 1 aliphatic heterocycles. The molecule has 0 radical (unpaired) electrons. The van der Waals surface area contributed by atoms with E-state index in [9.17, 15) is 8.42 Å². The van der Waals surface area contributed by atoms with E-state index in [0.29, 0.717) is 36.9 Å². The molecule has 21 heavy (non-hydrogen) atoms. The summed E-state index contributed by atoms with van der Waals surface area (Å²) in [7, 11) is -3.49. The van der Waals surface area contributed by atoms with Crippen molar-refractivity contribution in [3.8, 4) is 0 Å². The fourth-order valence-electron chi connectivity index (χ4n) is 2.38. The summed E-state index contributed by atoms with van der Waals surface area (Å²) in [4.78, 5) is 2.78. The maximum Gasteiger partial charge on any atom is 0.246 e. The summed E-state index contributed by atoms with van der Waals surface area (Å²) in [5, 5.41) is 6.45. The van der Waals surface area contributed by atoms with E-state index in [4.69, 9.17) is 18.0 Å². The highest BCUT2D eigenvalue weighted by atomic mass is 32.2. The third kappa shape index (κ3) is 2.96. The minimum absolute atomic E-state index is 0.240. The molecular formula is C12H21N5O2S2. The first-order valence-electron chi connectivity index (χ1n) is 6.72. The third-order valence-electron chi connectivity index (χ3n) is 4.03. The fraction of sp³-hybridized carbons (Fsp3) is 0.667. The lowest BCUT2D eigenvalue weighted by atomic mass is 10.0. The number of aromatic amines is 1. The van der Waals surface area contributed by atoms with Crippen molar-refractivity contribution in [3.05, 3.63) is 11.9 Å². The summed E-state index contributed by atoms with van der Waals surface area (Å²) in [6, 6.07) is 0. The number of H-pyrrole nitrogens is 1. The summed E-state index contributed by atoms with van der Waals surface area (Å²) in [5.74, 6) is 0. The Bertz CT molecular complexity index is 630. The van der Waals surface area contributed by atoms with Gasteiger partial charge in [0, 0.05) is 26.2 Å². The molecule has 7 nitrogen and oxygen atoms in total. The lowest BCUT2D eigenvalue weighted by Gasteiger charge is -2.42. The second-order valence-electron chi connectivity index (χ2n) is 5.67. The van der Waals surface area contributed by atoms with Gasteiger partial charge in [0.2, 0.25) is 10.0 Å². The molecule has 0 atom stereocenters. The van der Waals surface area contributed by atoms with Gasteiger partial charge in [-0.3, -0.25) is 10.00 Å². The van der Waals surface area contributed by atoms with Gasteiger partial charge >= 0.3 is 0 Å². The minimum Gasteiger partial charge on any atom is -0.392 e. The van der Waals surface area contributed by atoms with E-state index in [1.807, 2.05) is 13.8 Å². The molecule has 0 bridgehead atoms. The Kier molecular flexibility index (Phi) is 4.39. The zero-order chi connectivity index (χ0) is 15.8. The molecular weight excluding hydrogens is 310 g/mol. The lowest BCUT2D eigenvalue weighted by Crippen LogP contribution is -2.59. The van der Waals surface area contributed by atoms with Crippen molar-refractivity contribution in [1.82, 2.24) is 19.4 Å². The third-order valence-corrected chi connectivity index (χ3v) is 6.55. The molecule has 1 aromatic heterocycles. The summed E-state index contributed by atoms with van der Waals surface area (Å²) in [6.07, 6.45) is 1.36. The predicted molar refractivity (Wildman–Crippen MR) is 84.5 cm³/mol. The Hall–Kier alpha value is -1.03. The quantitative estimate of drug-likeness (QED) is 0.759. The number of aryl methyl sites for hydroxylation is 1. The first-order valence-corrected chi connectivity index (χ1v) is 8.57. The molecule has 9 heteroatoms. The number of piperazine rings is 1. The van der Waals surface area contributed by atoms with Crippen molar-refractivity contribution >= 4 is 27.2 Å². The average Bonchev–Trinajstić information content (AvgIpc) is 2.85. The summed E-state index contributed by atoms with van der Waals surface area (Å²) in [6.45, 7) is 7.64. The van der Waals surface area contributed by atoms with E-state index in [1.165, 1.54) is 10.5 Å². The molecule has 0 aromatic carbocycles. The Morgan fingerprint density at radius 1 is 1.38 bits per heavy atom. The molecule has 1 aromatic rings. The van der Waals surface area contributed by atoms with E-state index in [-0.39, 0.29) is 4.90 Å². The molecule has 1 aliphatic rings. The summed E-state index contributed by atoms with van der Waals surface area (Å²) < 4.78 is 26.6. The number of sulfonamides is 1. The number of rotatable bonds is 4. The van der Waals surface area contributed by atoms with Crippen LogP contribution in [-0.2, 0) is 10.0 Å². The van der Waals surface area contributed by atoms with E-state index >= 15 is 0 Å². The second kappa shape index (κ2) is 5.64. The maximum absolute atomic E-state index is 12.6. The molecule has 0 unspecified atom stereocenters. The minimum atomic E-state index is -3.49. The fourth-order valence-corrected chi connectivity index (χ4v) is 4.05. The van der Waals surface area contributed by atoms with E-state index < -0.39 is 15.6 Å². The van der Waals surface area contributed by atoms with Crippen molar-refractivity contribution in [2.75, 3.05) is 26.2 Å². The van der Waals surface area contributed by atoms with E-state index in [2.05, 4.69) is 15.1 Å². The smallest absolute Gasteiger partial charge is 0.246 e. The first kappa shape index (κ1) is 16.3. The van der Waals surface area contributed by atoms with Crippen molar-refractivity contribution in [1.29, 1.82) is 0 Å². The number of thiocarbonyl (C=S) groups is 1. The van der Waals surface area contributed by atoms with E-state index in [1.54, 1.807) is 6.92 Å². The van der Waals surface area contributed by atoms with Crippen molar-refractivity contribution in [2.24, 2.45) is 5.73 Å². The Labute approximate surface area is 130 Å². The lowest BCUT2D eigenvalue weighted by molar-refractivity contribution is 0.123. The van der Waals surface area contributed by atoms with Crippen LogP contribution in [0, 0.1) is 6.92 Å². The van der Waals surface area contributed by atoms with Crippen molar-refractivity contribution < 1.29 is 8.42 Å². The number of hydrogen-bond acceptors (Lipinski definition) is 5. The SMILES string of the molecule is Cc1[nH]ncc1S(=O)(=O)N1CCN(C(C)(C)C(N)=S)CC1. The zero-order valence-corrected chi connectivity index (χ0v) is 14.1. The topological polar surface area (TPSA) is 95.3 Å². The Balaban J connectivity index is 2.12. The van der Waals surface area contributed by atoms with Gasteiger partial charge in [-0.2, -0.15) is 9.40 Å². The Morgan fingerprint density at radius 2 is 1.95 bits per heavy atom. The summed E-state index contributed by atoms with van der Waals surface area (Å²) in [5.41, 5.74) is 5.91. The number of nitrogens with two attached hydrogens (primary N) is 1. The van der Waals surface area contributed by atoms with Crippen LogP contribution in [0.15, 0.2) is 11.1 Å². The molecule has 1 saturated heterocycles. The zero-order valence-electron chi connectivity index (χ0n) is 12.5. The van der Waals surface area contributed by atoms with Crippen molar-refractivity contribution in [3.63, 3.8) is 0 Å². The van der Waals surface area contributed by atoms with Crippen LogP contribution in [0.5, 0.6) is 0 Å². The molecule has 3 N–H and O–H groups in total. The molecule has 0 spiro atoms. The average molecular weight is 331 g/mol. The van der Waals surface area contributed by atoms with Gasteiger partial charge in [0.1, 0.15) is 4.90 Å². The van der Waals surface area contributed by atoms with Crippen LogP contribution in [0.25, 0.3) is 0 Å². The van der Waals surface area contributed by atoms with Gasteiger partial charge in [0.25, 0.3) is 0 Å². The predicted octanol–water partition coefficient (Wildman–Crippen LogP) is 0.0891. The molecule has 2 heterocycles. The number of nitrogens with zero attached hydrogens (tertiary/aromatic N) is 3. The van der Waals surface area contributed by atoms with Crippen LogP contribution >= 0.6 is 12.2 Å². The number of nitrogens with one attached hydrogen (secondary N) is 1. The van der Waals surface area contributed by atoms with Crippen LogP contribution in [0.3, 0.4) is 0 Å². The first-order chi connectivity index (χ1) is 9.67. The van der Waals surface area contributed by atoms with E-state index in [0.717, 1.165) is 0 Å². The van der Waals surface area contributed by atoms with Crippen molar-refractivity contribution in [2.45, 2.75) is 31.2 Å². The standard InChI is InChI=1S/C12H21N5O2S2/c1-9-10(8-14-15-9)21(18,19)17-6-4-16(5-7-17)12(2,3)11(13)20/h8H,4-7H2,1-3H3,(H2,13,20)(H,14,15). The normalized spacial score (nSPS) is 18.8. The van der Waals surface area contributed by atoms with Gasteiger partial charge in [-0.15, -0.1) is 0 Å². The largest absolute Gasteiger partial charge is 0.392 e. The highest BCUT2D eigenvalue weighted by Gasteiger charge is 2.36. The van der Waals surface area contributed by atoms with Gasteiger partial charge in [-0.25, -0.2) is 8.42 Å². The summed E-state index contributed by atoms with van der Waals surface area (Å²) >= 11 is 5.09.